The van der Waals surface area contributed by atoms with E-state index in [1.807, 2.05) is 22.8 Å². The molecule has 0 aliphatic rings. The van der Waals surface area contributed by atoms with Gasteiger partial charge in [0.2, 0.25) is 5.82 Å². The van der Waals surface area contributed by atoms with Gasteiger partial charge in [0.05, 0.1) is 25.4 Å². The lowest BCUT2D eigenvalue weighted by Gasteiger charge is -2.09. The Hall–Kier alpha value is -4.35. The molecule has 0 unspecified atom stereocenters. The lowest BCUT2D eigenvalue weighted by atomic mass is 10.2. The van der Waals surface area contributed by atoms with E-state index in [9.17, 15) is 8.42 Å². The number of hydrogen-bond acceptors (Lipinski definition) is 8. The van der Waals surface area contributed by atoms with Gasteiger partial charge in [-0.15, -0.1) is 0 Å². The van der Waals surface area contributed by atoms with E-state index in [0.29, 0.717) is 45.8 Å². The number of imidazole rings is 1. The molecule has 1 N–H and O–H groups in total. The summed E-state index contributed by atoms with van der Waals surface area (Å²) in [5.74, 6) is 1.84. The molecule has 0 aliphatic heterocycles. The number of methoxy groups -OCH3 is 2. The summed E-state index contributed by atoms with van der Waals surface area (Å²) in [4.78, 5) is 8.96. The molecule has 0 saturated heterocycles. The topological polar surface area (TPSA) is 121 Å². The Morgan fingerprint density at radius 1 is 0.974 bits per heavy atom. The van der Waals surface area contributed by atoms with Crippen LogP contribution in [0.25, 0.3) is 23.0 Å². The van der Waals surface area contributed by atoms with E-state index in [1.54, 1.807) is 51.0 Å². The van der Waals surface area contributed by atoms with Gasteiger partial charge in [0, 0.05) is 29.0 Å². The Kier molecular flexibility index (Phi) is 7.03. The highest BCUT2D eigenvalue weighted by Gasteiger charge is 2.16. The van der Waals surface area contributed by atoms with Gasteiger partial charge in [-0.1, -0.05) is 28.9 Å². The number of benzene rings is 3. The SMILES string of the molecule is COc1ccc(-c2noc(-c3cn(Cc4ccc(NS(=O)(=O)c5ccc(Cl)cc5)cc4)cn3)n2)cc1OC. The van der Waals surface area contributed by atoms with E-state index in [2.05, 4.69) is 19.8 Å². The fraction of sp³-hybridized carbons (Fsp3) is 0.115. The van der Waals surface area contributed by atoms with Crippen molar-refractivity contribution in [2.45, 2.75) is 11.4 Å². The first-order valence-electron chi connectivity index (χ1n) is 11.3. The normalized spacial score (nSPS) is 11.3. The first-order chi connectivity index (χ1) is 18.3. The van der Waals surface area contributed by atoms with E-state index in [0.717, 1.165) is 5.56 Å². The van der Waals surface area contributed by atoms with Crippen molar-refractivity contribution in [1.29, 1.82) is 0 Å². The van der Waals surface area contributed by atoms with Crippen molar-refractivity contribution in [3.05, 3.63) is 89.8 Å². The van der Waals surface area contributed by atoms with Crippen molar-refractivity contribution in [1.82, 2.24) is 19.7 Å². The highest BCUT2D eigenvalue weighted by Crippen LogP contribution is 2.32. The van der Waals surface area contributed by atoms with Crippen molar-refractivity contribution in [2.24, 2.45) is 0 Å². The number of nitrogens with one attached hydrogen (secondary N) is 1. The van der Waals surface area contributed by atoms with E-state index in [1.165, 1.54) is 24.3 Å². The van der Waals surface area contributed by atoms with E-state index < -0.39 is 10.0 Å². The van der Waals surface area contributed by atoms with Gasteiger partial charge in [-0.05, 0) is 60.2 Å². The van der Waals surface area contributed by atoms with Crippen LogP contribution in [0, 0.1) is 0 Å². The average Bonchev–Trinajstić information content (AvgIpc) is 3.59. The first-order valence-corrected chi connectivity index (χ1v) is 13.2. The molecule has 5 aromatic rings. The second-order valence-corrected chi connectivity index (χ2v) is 10.3. The van der Waals surface area contributed by atoms with Crippen LogP contribution < -0.4 is 14.2 Å². The summed E-state index contributed by atoms with van der Waals surface area (Å²) in [6.45, 7) is 0.508. The highest BCUT2D eigenvalue weighted by atomic mass is 35.5. The molecule has 5 rings (SSSR count). The highest BCUT2D eigenvalue weighted by molar-refractivity contribution is 7.92. The zero-order valence-electron chi connectivity index (χ0n) is 20.3. The molecule has 0 radical (unpaired) electrons. The summed E-state index contributed by atoms with van der Waals surface area (Å²) < 4.78 is 45.6. The van der Waals surface area contributed by atoms with Crippen molar-refractivity contribution < 1.29 is 22.4 Å². The Balaban J connectivity index is 1.26. The van der Waals surface area contributed by atoms with Gasteiger partial charge < -0.3 is 18.6 Å². The lowest BCUT2D eigenvalue weighted by Crippen LogP contribution is -2.12. The van der Waals surface area contributed by atoms with Crippen LogP contribution in [0.15, 0.2) is 88.7 Å². The molecule has 0 aliphatic carbocycles. The molecule has 3 aromatic carbocycles. The maximum atomic E-state index is 12.6. The van der Waals surface area contributed by atoms with Gasteiger partial charge >= 0.3 is 0 Å². The van der Waals surface area contributed by atoms with Crippen LogP contribution in [0.2, 0.25) is 5.02 Å². The van der Waals surface area contributed by atoms with Gasteiger partial charge in [0.25, 0.3) is 15.9 Å². The van der Waals surface area contributed by atoms with Crippen LogP contribution >= 0.6 is 11.6 Å². The molecular formula is C26H22ClN5O5S. The molecule has 0 saturated carbocycles. The third kappa shape index (κ3) is 5.48. The van der Waals surface area contributed by atoms with Crippen LogP contribution in [0.3, 0.4) is 0 Å². The summed E-state index contributed by atoms with van der Waals surface area (Å²) in [6.07, 6.45) is 3.45. The Morgan fingerprint density at radius 2 is 1.71 bits per heavy atom. The third-order valence-corrected chi connectivity index (χ3v) is 7.26. The van der Waals surface area contributed by atoms with Crippen LogP contribution in [-0.2, 0) is 16.6 Å². The molecule has 2 heterocycles. The smallest absolute Gasteiger partial charge is 0.278 e. The van der Waals surface area contributed by atoms with Crippen LogP contribution in [-0.4, -0.2) is 42.3 Å². The van der Waals surface area contributed by atoms with E-state index >= 15 is 0 Å². The summed E-state index contributed by atoms with van der Waals surface area (Å²) in [7, 11) is -0.588. The van der Waals surface area contributed by atoms with Crippen LogP contribution in [0.1, 0.15) is 5.56 Å². The zero-order valence-corrected chi connectivity index (χ0v) is 21.9. The predicted octanol–water partition coefficient (Wildman–Crippen LogP) is 5.12. The number of aromatic nitrogens is 4. The largest absolute Gasteiger partial charge is 0.493 e. The fourth-order valence-electron chi connectivity index (χ4n) is 3.69. The molecule has 0 spiro atoms. The molecule has 0 fully saturated rings. The molecule has 0 bridgehead atoms. The monoisotopic (exact) mass is 551 g/mol. The molecular weight excluding hydrogens is 530 g/mol. The number of halogens is 1. The molecule has 2 aromatic heterocycles. The molecule has 0 amide bonds. The van der Waals surface area contributed by atoms with Crippen molar-refractivity contribution in [3.63, 3.8) is 0 Å². The van der Waals surface area contributed by atoms with Gasteiger partial charge in [-0.3, -0.25) is 4.72 Å². The molecule has 38 heavy (non-hydrogen) atoms. The number of rotatable bonds is 9. The summed E-state index contributed by atoms with van der Waals surface area (Å²) in [5, 5.41) is 4.52. The summed E-state index contributed by atoms with van der Waals surface area (Å²) >= 11 is 5.85. The van der Waals surface area contributed by atoms with Crippen molar-refractivity contribution >= 4 is 27.3 Å². The van der Waals surface area contributed by atoms with Crippen LogP contribution in [0.5, 0.6) is 11.5 Å². The second-order valence-electron chi connectivity index (χ2n) is 8.18. The van der Waals surface area contributed by atoms with Gasteiger partial charge in [-0.2, -0.15) is 4.98 Å². The van der Waals surface area contributed by atoms with Crippen molar-refractivity contribution in [3.8, 4) is 34.5 Å². The van der Waals surface area contributed by atoms with Gasteiger partial charge in [0.15, 0.2) is 11.5 Å². The quantitative estimate of drug-likeness (QED) is 0.268. The minimum absolute atomic E-state index is 0.132. The summed E-state index contributed by atoms with van der Waals surface area (Å²) in [5.41, 5.74) is 2.63. The predicted molar refractivity (Wildman–Crippen MR) is 142 cm³/mol. The maximum absolute atomic E-state index is 12.6. The number of anilines is 1. The van der Waals surface area contributed by atoms with Crippen LogP contribution in [0.4, 0.5) is 5.69 Å². The minimum Gasteiger partial charge on any atom is -0.493 e. The van der Waals surface area contributed by atoms with Gasteiger partial charge in [-0.25, -0.2) is 13.4 Å². The second kappa shape index (κ2) is 10.6. The fourth-order valence-corrected chi connectivity index (χ4v) is 4.88. The minimum atomic E-state index is -3.72. The Labute approximate surface area is 223 Å². The Bertz CT molecular complexity index is 1670. The summed E-state index contributed by atoms with van der Waals surface area (Å²) in [6, 6.07) is 18.4. The van der Waals surface area contributed by atoms with E-state index in [4.69, 9.17) is 25.6 Å². The average molecular weight is 552 g/mol. The number of nitrogens with zero attached hydrogens (tertiary/aromatic N) is 4. The zero-order chi connectivity index (χ0) is 26.7. The molecule has 0 atom stereocenters. The molecule has 12 heteroatoms. The molecule has 194 valence electrons. The van der Waals surface area contributed by atoms with Crippen molar-refractivity contribution in [2.75, 3.05) is 18.9 Å². The molecule has 10 nitrogen and oxygen atoms in total. The maximum Gasteiger partial charge on any atom is 0.278 e. The number of sulfonamides is 1. The lowest BCUT2D eigenvalue weighted by molar-refractivity contribution is 0.355. The first kappa shape index (κ1) is 25.3. The third-order valence-electron chi connectivity index (χ3n) is 5.62. The van der Waals surface area contributed by atoms with E-state index in [-0.39, 0.29) is 10.8 Å². The number of hydrogen-bond donors (Lipinski definition) is 1. The Morgan fingerprint density at radius 3 is 2.42 bits per heavy atom. The standard InChI is InChI=1S/C26H22ClN5O5S/c1-35-23-12-5-18(13-24(23)36-2)25-29-26(37-30-25)22-15-32(16-28-22)14-17-3-8-20(9-4-17)31-38(33,34)21-10-6-19(27)7-11-21/h3-13,15-16,31H,14H2,1-2H3. The van der Waals surface area contributed by atoms with Gasteiger partial charge in [0.1, 0.15) is 5.69 Å². The number of ether oxygens (including phenoxy) is 2.